The van der Waals surface area contributed by atoms with Crippen molar-refractivity contribution in [1.82, 2.24) is 0 Å². The van der Waals surface area contributed by atoms with Gasteiger partial charge in [-0.2, -0.15) is 13.2 Å². The third-order valence-corrected chi connectivity index (χ3v) is 6.71. The summed E-state index contributed by atoms with van der Waals surface area (Å²) in [6.07, 6.45) is -4.94. The van der Waals surface area contributed by atoms with Gasteiger partial charge < -0.3 is 10.6 Å². The number of nitrogens with one attached hydrogen (secondary N) is 2. The van der Waals surface area contributed by atoms with E-state index in [0.717, 1.165) is 12.1 Å². The molecule has 3 aromatic carbocycles. The topological polar surface area (TPSA) is 75.3 Å². The van der Waals surface area contributed by atoms with Crippen molar-refractivity contribution in [2.24, 2.45) is 0 Å². The molecule has 0 aliphatic rings. The van der Waals surface area contributed by atoms with E-state index >= 15 is 0 Å². The fourth-order valence-corrected chi connectivity index (χ4v) is 4.98. The Balaban J connectivity index is 1.94. The van der Waals surface area contributed by atoms with Crippen LogP contribution in [0.1, 0.15) is 5.56 Å². The zero-order valence-electron chi connectivity index (χ0n) is 16.1. The lowest BCUT2D eigenvalue weighted by Crippen LogP contribution is -2.24. The lowest BCUT2D eigenvalue weighted by molar-refractivity contribution is -0.139. The SMILES string of the molecule is O=C(CNc1cccc(C(F)(F)F)c1S(=O)(=O)c1ccccc1)Nc1ccc(Cl)cc1Cl. The molecular formula is C21H15Cl2F3N2O3S. The minimum Gasteiger partial charge on any atom is -0.375 e. The Hall–Kier alpha value is -2.75. The number of alkyl halides is 3. The van der Waals surface area contributed by atoms with Gasteiger partial charge in [-0.25, -0.2) is 8.42 Å². The maximum Gasteiger partial charge on any atom is 0.417 e. The van der Waals surface area contributed by atoms with Crippen molar-refractivity contribution in [3.8, 4) is 0 Å². The lowest BCUT2D eigenvalue weighted by atomic mass is 10.2. The number of carbonyl (C=O) groups is 1. The molecule has 0 atom stereocenters. The summed E-state index contributed by atoms with van der Waals surface area (Å²) >= 11 is 11.8. The number of benzene rings is 3. The monoisotopic (exact) mass is 502 g/mol. The summed E-state index contributed by atoms with van der Waals surface area (Å²) in [7, 11) is -4.55. The van der Waals surface area contributed by atoms with Crippen molar-refractivity contribution in [3.63, 3.8) is 0 Å². The molecule has 0 aromatic heterocycles. The number of halogens is 5. The number of amides is 1. The Morgan fingerprint density at radius 3 is 2.22 bits per heavy atom. The van der Waals surface area contributed by atoms with Gasteiger partial charge >= 0.3 is 6.18 Å². The standard InChI is InChI=1S/C21H15Cl2F3N2O3S/c22-13-9-10-17(16(23)11-13)28-19(29)12-27-18-8-4-7-15(21(24,25)26)20(18)32(30,31)14-5-2-1-3-6-14/h1-11,27H,12H2,(H,28,29). The maximum atomic E-state index is 13.6. The van der Waals surface area contributed by atoms with Crippen LogP contribution >= 0.6 is 23.2 Å². The molecule has 3 aromatic rings. The molecule has 0 aliphatic carbocycles. The van der Waals surface area contributed by atoms with E-state index in [1.165, 1.54) is 42.5 Å². The number of rotatable bonds is 6. The molecule has 168 valence electrons. The van der Waals surface area contributed by atoms with Crippen LogP contribution in [0.3, 0.4) is 0 Å². The summed E-state index contributed by atoms with van der Waals surface area (Å²) in [6, 6.07) is 14.0. The van der Waals surface area contributed by atoms with Crippen molar-refractivity contribution in [3.05, 3.63) is 82.3 Å². The number of hydrogen-bond donors (Lipinski definition) is 2. The molecule has 11 heteroatoms. The molecule has 0 heterocycles. The summed E-state index contributed by atoms with van der Waals surface area (Å²) in [6.45, 7) is -0.516. The molecule has 0 unspecified atom stereocenters. The molecule has 0 radical (unpaired) electrons. The first-order valence-electron chi connectivity index (χ1n) is 8.99. The molecule has 0 aliphatic heterocycles. The number of sulfone groups is 1. The Bertz CT molecular complexity index is 1250. The van der Waals surface area contributed by atoms with Crippen LogP contribution in [0.5, 0.6) is 0 Å². The molecule has 32 heavy (non-hydrogen) atoms. The molecule has 1 amide bonds. The quantitative estimate of drug-likeness (QED) is 0.440. The molecule has 2 N–H and O–H groups in total. The number of carbonyl (C=O) groups excluding carboxylic acids is 1. The summed E-state index contributed by atoms with van der Waals surface area (Å²) < 4.78 is 67.1. The van der Waals surface area contributed by atoms with Crippen LogP contribution in [-0.2, 0) is 20.8 Å². The summed E-state index contributed by atoms with van der Waals surface area (Å²) in [5.41, 5.74) is -1.46. The maximum absolute atomic E-state index is 13.6. The number of hydrogen-bond acceptors (Lipinski definition) is 4. The van der Waals surface area contributed by atoms with Crippen molar-refractivity contribution in [2.45, 2.75) is 16.0 Å². The normalized spacial score (nSPS) is 11.8. The van der Waals surface area contributed by atoms with Crippen molar-refractivity contribution in [2.75, 3.05) is 17.2 Å². The summed E-state index contributed by atoms with van der Waals surface area (Å²) in [4.78, 5) is 11.0. The highest BCUT2D eigenvalue weighted by atomic mass is 35.5. The second kappa shape index (κ2) is 9.40. The molecule has 0 saturated heterocycles. The zero-order valence-corrected chi connectivity index (χ0v) is 18.4. The Morgan fingerprint density at radius 2 is 1.59 bits per heavy atom. The molecule has 5 nitrogen and oxygen atoms in total. The van der Waals surface area contributed by atoms with E-state index in [0.29, 0.717) is 11.1 Å². The largest absolute Gasteiger partial charge is 0.417 e. The van der Waals surface area contributed by atoms with Gasteiger partial charge in [0, 0.05) is 5.02 Å². The molecule has 0 bridgehead atoms. The summed E-state index contributed by atoms with van der Waals surface area (Å²) in [5.74, 6) is -0.658. The van der Waals surface area contributed by atoms with E-state index in [1.807, 2.05) is 0 Å². The van der Waals surface area contributed by atoms with Gasteiger partial charge in [0.2, 0.25) is 15.7 Å². The Kier molecular flexibility index (Phi) is 7.02. The van der Waals surface area contributed by atoms with Crippen LogP contribution in [0.15, 0.2) is 76.5 Å². The van der Waals surface area contributed by atoms with Gasteiger partial charge in [0.05, 0.1) is 33.4 Å². The van der Waals surface area contributed by atoms with Gasteiger partial charge in [-0.3, -0.25) is 4.79 Å². The van der Waals surface area contributed by atoms with Crippen LogP contribution in [0, 0.1) is 0 Å². The smallest absolute Gasteiger partial charge is 0.375 e. The highest BCUT2D eigenvalue weighted by Gasteiger charge is 2.39. The number of anilines is 2. The third kappa shape index (κ3) is 5.35. The summed E-state index contributed by atoms with van der Waals surface area (Å²) in [5, 5.41) is 5.49. The second-order valence-electron chi connectivity index (χ2n) is 6.52. The molecular weight excluding hydrogens is 488 g/mol. The first kappa shape index (κ1) is 23.9. The van der Waals surface area contributed by atoms with Gasteiger partial charge in [-0.05, 0) is 42.5 Å². The first-order valence-corrected chi connectivity index (χ1v) is 11.2. The second-order valence-corrected chi connectivity index (χ2v) is 9.25. The molecule has 3 rings (SSSR count). The Labute approximate surface area is 192 Å². The molecule has 0 fully saturated rings. The van der Waals surface area contributed by atoms with Crippen LogP contribution in [0.25, 0.3) is 0 Å². The van der Waals surface area contributed by atoms with Gasteiger partial charge in [0.1, 0.15) is 4.90 Å². The van der Waals surface area contributed by atoms with Gasteiger partial charge in [0.15, 0.2) is 0 Å². The van der Waals surface area contributed by atoms with Crippen molar-refractivity contribution >= 4 is 50.3 Å². The predicted octanol–water partition coefficient (Wildman–Crippen LogP) is 5.90. The van der Waals surface area contributed by atoms with Crippen molar-refractivity contribution in [1.29, 1.82) is 0 Å². The van der Waals surface area contributed by atoms with E-state index in [9.17, 15) is 26.4 Å². The average Bonchev–Trinajstić information content (AvgIpc) is 2.74. The van der Waals surface area contributed by atoms with Crippen LogP contribution < -0.4 is 10.6 Å². The van der Waals surface area contributed by atoms with Gasteiger partial charge in [-0.1, -0.05) is 47.5 Å². The van der Waals surface area contributed by atoms with E-state index in [-0.39, 0.29) is 21.3 Å². The minimum atomic E-state index is -4.94. The van der Waals surface area contributed by atoms with Crippen LogP contribution in [0.4, 0.5) is 24.5 Å². The highest BCUT2D eigenvalue weighted by molar-refractivity contribution is 7.91. The van der Waals surface area contributed by atoms with Gasteiger partial charge in [0.25, 0.3) is 0 Å². The molecule has 0 spiro atoms. The Morgan fingerprint density at radius 1 is 0.906 bits per heavy atom. The van der Waals surface area contributed by atoms with E-state index in [2.05, 4.69) is 10.6 Å². The van der Waals surface area contributed by atoms with Crippen LogP contribution in [-0.4, -0.2) is 20.9 Å². The molecule has 0 saturated carbocycles. The average molecular weight is 503 g/mol. The van der Waals surface area contributed by atoms with Crippen LogP contribution in [0.2, 0.25) is 10.0 Å². The van der Waals surface area contributed by atoms with Crippen molar-refractivity contribution < 1.29 is 26.4 Å². The van der Waals surface area contributed by atoms with E-state index in [1.54, 1.807) is 6.07 Å². The fraction of sp³-hybridized carbons (Fsp3) is 0.0952. The lowest BCUT2D eigenvalue weighted by Gasteiger charge is -2.18. The minimum absolute atomic E-state index is 0.164. The fourth-order valence-electron chi connectivity index (χ4n) is 2.87. The zero-order chi connectivity index (χ0) is 23.5. The predicted molar refractivity (Wildman–Crippen MR) is 117 cm³/mol. The first-order chi connectivity index (χ1) is 15.0. The van der Waals surface area contributed by atoms with E-state index < -0.39 is 38.9 Å². The van der Waals surface area contributed by atoms with Gasteiger partial charge in [-0.15, -0.1) is 0 Å². The third-order valence-electron chi connectivity index (χ3n) is 4.29. The van der Waals surface area contributed by atoms with E-state index in [4.69, 9.17) is 23.2 Å². The highest BCUT2D eigenvalue weighted by Crippen LogP contribution is 2.40.